The molecule has 6 nitrogen and oxygen atoms in total. The minimum atomic E-state index is -1.39. The molecule has 1 fully saturated rings. The van der Waals surface area contributed by atoms with Gasteiger partial charge in [0.1, 0.15) is 5.54 Å². The highest BCUT2D eigenvalue weighted by atomic mass is 16.4. The van der Waals surface area contributed by atoms with Crippen molar-refractivity contribution in [3.63, 3.8) is 0 Å². The number of carbonyl (C=O) groups excluding carboxylic acids is 1. The van der Waals surface area contributed by atoms with Gasteiger partial charge in [-0.1, -0.05) is 12.7 Å². The minimum Gasteiger partial charge on any atom is -0.480 e. The Morgan fingerprint density at radius 1 is 1.61 bits per heavy atom. The molecule has 2 radical (unpaired) electrons. The maximum Gasteiger partial charge on any atom is 0.325 e. The van der Waals surface area contributed by atoms with E-state index in [1.54, 1.807) is 6.92 Å². The molecule has 0 unspecified atom stereocenters. The molecule has 1 amide bonds. The van der Waals surface area contributed by atoms with Crippen LogP contribution in [0.3, 0.4) is 0 Å². The first-order valence-electron chi connectivity index (χ1n) is 6.09. The first kappa shape index (κ1) is 15.0. The van der Waals surface area contributed by atoms with Crippen molar-refractivity contribution in [2.75, 3.05) is 13.1 Å². The summed E-state index contributed by atoms with van der Waals surface area (Å²) in [6.45, 7) is 1.93. The Hall–Kier alpha value is -1.08. The summed E-state index contributed by atoms with van der Waals surface area (Å²) in [6.07, 6.45) is 1.77. The largest absolute Gasteiger partial charge is 0.480 e. The summed E-state index contributed by atoms with van der Waals surface area (Å²) in [4.78, 5) is 24.6. The molecule has 0 aromatic carbocycles. The molecule has 18 heavy (non-hydrogen) atoms. The molecule has 0 aromatic heterocycles. The fraction of sp³-hybridized carbons (Fsp3) is 0.818. The van der Waals surface area contributed by atoms with Crippen molar-refractivity contribution in [1.82, 2.24) is 4.90 Å². The lowest BCUT2D eigenvalue weighted by atomic mass is 9.83. The number of hydrogen-bond acceptors (Lipinski definition) is 4. The van der Waals surface area contributed by atoms with E-state index in [1.807, 2.05) is 0 Å². The Balaban J connectivity index is 2.82. The van der Waals surface area contributed by atoms with Crippen LogP contribution in [0.25, 0.3) is 0 Å². The molecule has 1 heterocycles. The number of likely N-dealkylation sites (tertiary alicyclic amines) is 1. The number of hydrogen-bond donors (Lipinski definition) is 3. The third-order valence-corrected chi connectivity index (χ3v) is 3.48. The van der Waals surface area contributed by atoms with E-state index in [4.69, 9.17) is 19.3 Å². The van der Waals surface area contributed by atoms with Gasteiger partial charge in [-0.3, -0.25) is 9.59 Å². The van der Waals surface area contributed by atoms with Crippen LogP contribution in [0.15, 0.2) is 0 Å². The lowest BCUT2D eigenvalue weighted by molar-refractivity contribution is -0.144. The first-order chi connectivity index (χ1) is 8.32. The van der Waals surface area contributed by atoms with Gasteiger partial charge in [-0.15, -0.1) is 0 Å². The number of carboxylic acids is 1. The average molecular weight is 253 g/mol. The van der Waals surface area contributed by atoms with Crippen molar-refractivity contribution in [2.24, 2.45) is 17.4 Å². The standard InChI is InChI=1S/C11H20BN3O3/c1-7(13)9(16)15-5-8(3-2-4-12)11(14,6-15)10(17)18/h7-8H,2-6,13-14H2,1H3,(H,17,18)/t7-,8-,11-/m0/s1. The number of carbonyl (C=O) groups is 2. The zero-order valence-electron chi connectivity index (χ0n) is 10.6. The minimum absolute atomic E-state index is 0.0118. The molecule has 1 aliphatic heterocycles. The van der Waals surface area contributed by atoms with E-state index in [9.17, 15) is 14.7 Å². The summed E-state index contributed by atoms with van der Waals surface area (Å²) >= 11 is 0. The lowest BCUT2D eigenvalue weighted by Crippen LogP contribution is -2.55. The molecule has 5 N–H and O–H groups in total. The summed E-state index contributed by atoms with van der Waals surface area (Å²) < 4.78 is 0. The van der Waals surface area contributed by atoms with Crippen molar-refractivity contribution in [3.05, 3.63) is 0 Å². The number of rotatable bonds is 5. The van der Waals surface area contributed by atoms with E-state index in [0.717, 1.165) is 0 Å². The average Bonchev–Trinajstić information content (AvgIpc) is 2.64. The van der Waals surface area contributed by atoms with Gasteiger partial charge >= 0.3 is 5.97 Å². The maximum absolute atomic E-state index is 11.8. The molecule has 3 atom stereocenters. The molecule has 1 rings (SSSR count). The third kappa shape index (κ3) is 2.84. The van der Waals surface area contributed by atoms with Crippen LogP contribution in [0.1, 0.15) is 19.8 Å². The molecule has 0 saturated carbocycles. The molecule has 1 aliphatic rings. The van der Waals surface area contributed by atoms with Crippen LogP contribution >= 0.6 is 0 Å². The summed E-state index contributed by atoms with van der Waals surface area (Å²) in [5, 5.41) is 9.25. The van der Waals surface area contributed by atoms with Gasteiger partial charge in [0, 0.05) is 19.0 Å². The van der Waals surface area contributed by atoms with Crippen LogP contribution in [0, 0.1) is 5.92 Å². The highest BCUT2D eigenvalue weighted by Crippen LogP contribution is 2.30. The SMILES string of the molecule is [B]CCC[C@H]1CN(C(=O)[C@H](C)N)C[C@@]1(N)C(=O)O. The summed E-state index contributed by atoms with van der Waals surface area (Å²) in [5.41, 5.74) is 10.1. The number of amides is 1. The van der Waals surface area contributed by atoms with Crippen LogP contribution in [-0.2, 0) is 9.59 Å². The van der Waals surface area contributed by atoms with Gasteiger partial charge in [-0.25, -0.2) is 0 Å². The lowest BCUT2D eigenvalue weighted by Gasteiger charge is -2.25. The van der Waals surface area contributed by atoms with Crippen molar-refractivity contribution in [3.8, 4) is 0 Å². The van der Waals surface area contributed by atoms with Crippen LogP contribution in [0.2, 0.25) is 6.32 Å². The van der Waals surface area contributed by atoms with E-state index in [0.29, 0.717) is 25.7 Å². The van der Waals surface area contributed by atoms with Crippen molar-refractivity contribution >= 4 is 19.7 Å². The fourth-order valence-electron chi connectivity index (χ4n) is 2.35. The summed E-state index contributed by atoms with van der Waals surface area (Å²) in [7, 11) is 5.43. The molecule has 1 saturated heterocycles. The van der Waals surface area contributed by atoms with Gasteiger partial charge < -0.3 is 21.5 Å². The predicted molar refractivity (Wildman–Crippen MR) is 68.1 cm³/mol. The van der Waals surface area contributed by atoms with Gasteiger partial charge in [0.2, 0.25) is 5.91 Å². The molecular formula is C11H20BN3O3. The Morgan fingerprint density at radius 2 is 2.22 bits per heavy atom. The smallest absolute Gasteiger partial charge is 0.325 e. The Bertz CT molecular complexity index is 337. The summed E-state index contributed by atoms with van der Waals surface area (Å²) in [6, 6.07) is -0.642. The zero-order chi connectivity index (χ0) is 13.9. The van der Waals surface area contributed by atoms with Crippen LogP contribution in [-0.4, -0.2) is 54.4 Å². The van der Waals surface area contributed by atoms with E-state index >= 15 is 0 Å². The molecule has 0 aromatic rings. The number of carboxylic acid groups (broad SMARTS) is 1. The van der Waals surface area contributed by atoms with Crippen LogP contribution in [0.4, 0.5) is 0 Å². The van der Waals surface area contributed by atoms with E-state index in [-0.39, 0.29) is 18.4 Å². The van der Waals surface area contributed by atoms with Crippen LogP contribution in [0.5, 0.6) is 0 Å². The van der Waals surface area contributed by atoms with Gasteiger partial charge in [-0.2, -0.15) is 0 Å². The number of nitrogens with zero attached hydrogens (tertiary/aromatic N) is 1. The second-order valence-electron chi connectivity index (χ2n) is 4.98. The molecule has 7 heteroatoms. The first-order valence-corrected chi connectivity index (χ1v) is 6.09. The normalized spacial score (nSPS) is 29.3. The second-order valence-corrected chi connectivity index (χ2v) is 4.98. The summed E-state index contributed by atoms with van der Waals surface area (Å²) in [5.74, 6) is -1.62. The number of nitrogens with two attached hydrogens (primary N) is 2. The Labute approximate surface area is 108 Å². The van der Waals surface area contributed by atoms with Gasteiger partial charge in [0.15, 0.2) is 0 Å². The molecule has 0 bridgehead atoms. The highest BCUT2D eigenvalue weighted by Gasteiger charge is 2.50. The molecule has 0 aliphatic carbocycles. The highest BCUT2D eigenvalue weighted by molar-refractivity contribution is 6.08. The zero-order valence-corrected chi connectivity index (χ0v) is 10.6. The van der Waals surface area contributed by atoms with Crippen molar-refractivity contribution < 1.29 is 14.7 Å². The third-order valence-electron chi connectivity index (χ3n) is 3.48. The number of aliphatic carboxylic acids is 1. The van der Waals surface area contributed by atoms with E-state index < -0.39 is 17.6 Å². The quantitative estimate of drug-likeness (QED) is 0.541. The van der Waals surface area contributed by atoms with Crippen molar-refractivity contribution in [2.45, 2.75) is 37.7 Å². The Kier molecular flexibility index (Phi) is 4.75. The topological polar surface area (TPSA) is 110 Å². The maximum atomic E-state index is 11.8. The van der Waals surface area contributed by atoms with Gasteiger partial charge in [0.25, 0.3) is 0 Å². The van der Waals surface area contributed by atoms with Crippen molar-refractivity contribution in [1.29, 1.82) is 0 Å². The fourth-order valence-corrected chi connectivity index (χ4v) is 2.35. The van der Waals surface area contributed by atoms with Gasteiger partial charge in [-0.05, 0) is 13.3 Å². The van der Waals surface area contributed by atoms with E-state index in [2.05, 4.69) is 0 Å². The monoisotopic (exact) mass is 253 g/mol. The second kappa shape index (κ2) is 5.71. The van der Waals surface area contributed by atoms with Crippen LogP contribution < -0.4 is 11.5 Å². The molecular weight excluding hydrogens is 233 g/mol. The molecule has 0 spiro atoms. The Morgan fingerprint density at radius 3 is 2.67 bits per heavy atom. The van der Waals surface area contributed by atoms with Gasteiger partial charge in [0.05, 0.1) is 13.9 Å². The molecule has 100 valence electrons. The predicted octanol–water partition coefficient (Wildman–Crippen LogP) is -1.06. The van der Waals surface area contributed by atoms with E-state index in [1.165, 1.54) is 4.90 Å².